The van der Waals surface area contributed by atoms with E-state index in [0.29, 0.717) is 19.3 Å². The Hall–Kier alpha value is -0.160. The molecule has 15 heavy (non-hydrogen) atoms. The average molecular weight is 216 g/mol. The van der Waals surface area contributed by atoms with E-state index >= 15 is 0 Å². The Morgan fingerprint density at radius 2 is 2.00 bits per heavy atom. The molecule has 0 aromatic carbocycles. The standard InChI is InChI=1S/C11H24N2O2/c1-14-9-2-6-13-7-3-11(4-8-13)15-10-5-12/h11H,2-10,12H2,1H3. The molecule has 4 nitrogen and oxygen atoms in total. The van der Waals surface area contributed by atoms with Crippen molar-refractivity contribution in [3.05, 3.63) is 0 Å². The summed E-state index contributed by atoms with van der Waals surface area (Å²) < 4.78 is 10.7. The van der Waals surface area contributed by atoms with Crippen LogP contribution in [0, 0.1) is 0 Å². The highest BCUT2D eigenvalue weighted by Gasteiger charge is 2.18. The Kier molecular flexibility index (Phi) is 6.92. The van der Waals surface area contributed by atoms with E-state index in [0.717, 1.165) is 45.5 Å². The maximum atomic E-state index is 5.63. The zero-order chi connectivity index (χ0) is 10.9. The van der Waals surface area contributed by atoms with Crippen LogP contribution < -0.4 is 5.73 Å². The molecule has 0 bridgehead atoms. The summed E-state index contributed by atoms with van der Waals surface area (Å²) in [6.45, 7) is 5.65. The van der Waals surface area contributed by atoms with Crippen LogP contribution in [0.2, 0.25) is 0 Å². The van der Waals surface area contributed by atoms with Crippen LogP contribution in [0.4, 0.5) is 0 Å². The molecule has 90 valence electrons. The van der Waals surface area contributed by atoms with Crippen LogP contribution in [0.25, 0.3) is 0 Å². The fraction of sp³-hybridized carbons (Fsp3) is 1.00. The second-order valence-electron chi connectivity index (χ2n) is 4.05. The summed E-state index contributed by atoms with van der Waals surface area (Å²) in [5.41, 5.74) is 5.40. The molecular weight excluding hydrogens is 192 g/mol. The van der Waals surface area contributed by atoms with Crippen molar-refractivity contribution in [3.8, 4) is 0 Å². The van der Waals surface area contributed by atoms with Crippen molar-refractivity contribution in [3.63, 3.8) is 0 Å². The number of hydrogen-bond donors (Lipinski definition) is 1. The van der Waals surface area contributed by atoms with Gasteiger partial charge in [0.05, 0.1) is 12.7 Å². The molecule has 2 N–H and O–H groups in total. The molecule has 0 aliphatic carbocycles. The van der Waals surface area contributed by atoms with Crippen LogP contribution in [0.15, 0.2) is 0 Å². The summed E-state index contributed by atoms with van der Waals surface area (Å²) in [6, 6.07) is 0. The molecule has 1 aliphatic heterocycles. The minimum absolute atomic E-state index is 0.437. The van der Waals surface area contributed by atoms with Gasteiger partial charge in [-0.2, -0.15) is 0 Å². The highest BCUT2D eigenvalue weighted by Crippen LogP contribution is 2.13. The normalized spacial score (nSPS) is 19.6. The van der Waals surface area contributed by atoms with Crippen molar-refractivity contribution in [1.29, 1.82) is 0 Å². The predicted molar refractivity (Wildman–Crippen MR) is 61.0 cm³/mol. The Morgan fingerprint density at radius 3 is 2.60 bits per heavy atom. The first kappa shape index (κ1) is 12.9. The third kappa shape index (κ3) is 5.47. The highest BCUT2D eigenvalue weighted by atomic mass is 16.5. The molecule has 0 radical (unpaired) electrons. The Morgan fingerprint density at radius 1 is 1.27 bits per heavy atom. The van der Waals surface area contributed by atoms with Crippen LogP contribution in [0.5, 0.6) is 0 Å². The first-order chi connectivity index (χ1) is 7.36. The van der Waals surface area contributed by atoms with E-state index in [9.17, 15) is 0 Å². The largest absolute Gasteiger partial charge is 0.385 e. The van der Waals surface area contributed by atoms with Gasteiger partial charge in [-0.25, -0.2) is 0 Å². The molecule has 0 atom stereocenters. The summed E-state index contributed by atoms with van der Waals surface area (Å²) >= 11 is 0. The Labute approximate surface area is 92.7 Å². The molecule has 0 spiro atoms. The smallest absolute Gasteiger partial charge is 0.0600 e. The molecular formula is C11H24N2O2. The van der Waals surface area contributed by atoms with E-state index in [1.807, 2.05) is 0 Å². The van der Waals surface area contributed by atoms with Gasteiger partial charge in [-0.15, -0.1) is 0 Å². The fourth-order valence-corrected chi connectivity index (χ4v) is 1.97. The lowest BCUT2D eigenvalue weighted by atomic mass is 10.1. The van der Waals surface area contributed by atoms with Gasteiger partial charge in [0, 0.05) is 39.9 Å². The SMILES string of the molecule is COCCCN1CCC(OCCN)CC1. The second-order valence-corrected chi connectivity index (χ2v) is 4.05. The van der Waals surface area contributed by atoms with Gasteiger partial charge in [0.25, 0.3) is 0 Å². The van der Waals surface area contributed by atoms with Gasteiger partial charge in [-0.1, -0.05) is 0 Å². The molecule has 1 rings (SSSR count). The van der Waals surface area contributed by atoms with Gasteiger partial charge in [0.15, 0.2) is 0 Å². The molecule has 1 aliphatic rings. The summed E-state index contributed by atoms with van der Waals surface area (Å²) in [5, 5.41) is 0. The van der Waals surface area contributed by atoms with E-state index < -0.39 is 0 Å². The first-order valence-electron chi connectivity index (χ1n) is 5.89. The summed E-state index contributed by atoms with van der Waals surface area (Å²) in [7, 11) is 1.76. The lowest BCUT2D eigenvalue weighted by Gasteiger charge is -2.31. The third-order valence-corrected chi connectivity index (χ3v) is 2.83. The lowest BCUT2D eigenvalue weighted by molar-refractivity contribution is 0.0101. The van der Waals surface area contributed by atoms with Crippen molar-refractivity contribution >= 4 is 0 Å². The number of piperidine rings is 1. The topological polar surface area (TPSA) is 47.7 Å². The van der Waals surface area contributed by atoms with E-state index in [4.69, 9.17) is 15.2 Å². The van der Waals surface area contributed by atoms with Gasteiger partial charge >= 0.3 is 0 Å². The quantitative estimate of drug-likeness (QED) is 0.628. The minimum atomic E-state index is 0.437. The summed E-state index contributed by atoms with van der Waals surface area (Å²) in [4.78, 5) is 2.49. The van der Waals surface area contributed by atoms with E-state index in [2.05, 4.69) is 4.90 Å². The number of hydrogen-bond acceptors (Lipinski definition) is 4. The van der Waals surface area contributed by atoms with Gasteiger partial charge < -0.3 is 20.1 Å². The van der Waals surface area contributed by atoms with Crippen LogP contribution in [-0.2, 0) is 9.47 Å². The van der Waals surface area contributed by atoms with Crippen LogP contribution in [-0.4, -0.2) is 57.5 Å². The zero-order valence-corrected chi connectivity index (χ0v) is 9.78. The number of methoxy groups -OCH3 is 1. The van der Waals surface area contributed by atoms with Crippen molar-refractivity contribution in [2.45, 2.75) is 25.4 Å². The maximum Gasteiger partial charge on any atom is 0.0600 e. The van der Waals surface area contributed by atoms with Crippen LogP contribution >= 0.6 is 0 Å². The molecule has 0 amide bonds. The zero-order valence-electron chi connectivity index (χ0n) is 9.78. The lowest BCUT2D eigenvalue weighted by Crippen LogP contribution is -2.38. The average Bonchev–Trinajstić information content (AvgIpc) is 2.28. The molecule has 1 saturated heterocycles. The summed E-state index contributed by atoms with van der Waals surface area (Å²) in [5.74, 6) is 0. The number of ether oxygens (including phenoxy) is 2. The van der Waals surface area contributed by atoms with E-state index in [-0.39, 0.29) is 0 Å². The van der Waals surface area contributed by atoms with Gasteiger partial charge in [0.2, 0.25) is 0 Å². The molecule has 1 heterocycles. The van der Waals surface area contributed by atoms with Gasteiger partial charge in [-0.05, 0) is 19.3 Å². The molecule has 0 aromatic heterocycles. The van der Waals surface area contributed by atoms with Crippen molar-refractivity contribution in [2.24, 2.45) is 5.73 Å². The molecule has 4 heteroatoms. The number of nitrogens with zero attached hydrogens (tertiary/aromatic N) is 1. The molecule has 0 aromatic rings. The number of likely N-dealkylation sites (tertiary alicyclic amines) is 1. The van der Waals surface area contributed by atoms with Gasteiger partial charge in [0.1, 0.15) is 0 Å². The van der Waals surface area contributed by atoms with E-state index in [1.54, 1.807) is 7.11 Å². The highest BCUT2D eigenvalue weighted by molar-refractivity contribution is 4.72. The molecule has 1 fully saturated rings. The molecule has 0 unspecified atom stereocenters. The maximum absolute atomic E-state index is 5.63. The minimum Gasteiger partial charge on any atom is -0.385 e. The van der Waals surface area contributed by atoms with Crippen LogP contribution in [0.3, 0.4) is 0 Å². The van der Waals surface area contributed by atoms with Crippen molar-refractivity contribution in [2.75, 3.05) is 46.5 Å². The third-order valence-electron chi connectivity index (χ3n) is 2.83. The Balaban J connectivity index is 2.02. The second kappa shape index (κ2) is 8.05. The monoisotopic (exact) mass is 216 g/mol. The Bertz CT molecular complexity index is 148. The van der Waals surface area contributed by atoms with Crippen LogP contribution in [0.1, 0.15) is 19.3 Å². The summed E-state index contributed by atoms with van der Waals surface area (Å²) in [6.07, 6.45) is 3.86. The first-order valence-corrected chi connectivity index (χ1v) is 5.89. The van der Waals surface area contributed by atoms with E-state index in [1.165, 1.54) is 0 Å². The van der Waals surface area contributed by atoms with Crippen molar-refractivity contribution in [1.82, 2.24) is 4.90 Å². The number of nitrogens with two attached hydrogens (primary N) is 1. The molecule has 0 saturated carbocycles. The number of rotatable bonds is 7. The van der Waals surface area contributed by atoms with Gasteiger partial charge in [-0.3, -0.25) is 0 Å². The van der Waals surface area contributed by atoms with Crippen molar-refractivity contribution < 1.29 is 9.47 Å². The predicted octanol–water partition coefficient (Wildman–Crippen LogP) is 0.463. The fourth-order valence-electron chi connectivity index (χ4n) is 1.97.